The van der Waals surface area contributed by atoms with Gasteiger partial charge in [-0.3, -0.25) is 14.5 Å². The van der Waals surface area contributed by atoms with Crippen molar-refractivity contribution in [1.82, 2.24) is 15.5 Å². The van der Waals surface area contributed by atoms with Crippen molar-refractivity contribution in [3.8, 4) is 5.75 Å². The molecule has 0 saturated carbocycles. The summed E-state index contributed by atoms with van der Waals surface area (Å²) in [6.45, 7) is 12.5. The number of halogens is 1. The van der Waals surface area contributed by atoms with Gasteiger partial charge in [0.25, 0.3) is 5.91 Å². The molecule has 1 heterocycles. The maximum Gasteiger partial charge on any atom is 0.251 e. The Morgan fingerprint density at radius 2 is 1.72 bits per heavy atom. The molecule has 1 unspecified atom stereocenters. The molecule has 2 aromatic carbocycles. The molecule has 1 atom stereocenters. The van der Waals surface area contributed by atoms with Crippen LogP contribution in [0.2, 0.25) is 0 Å². The molecule has 0 aromatic heterocycles. The number of hydrogen-bond acceptors (Lipinski definition) is 4. The summed E-state index contributed by atoms with van der Waals surface area (Å²) in [4.78, 5) is 28.2. The van der Waals surface area contributed by atoms with Crippen LogP contribution >= 0.6 is 0 Å². The number of rotatable bonds is 8. The van der Waals surface area contributed by atoms with Gasteiger partial charge in [-0.15, -0.1) is 0 Å². The lowest BCUT2D eigenvalue weighted by Crippen LogP contribution is -2.53. The zero-order valence-electron chi connectivity index (χ0n) is 22.4. The second-order valence-electron chi connectivity index (χ2n) is 11.1. The van der Waals surface area contributed by atoms with Crippen molar-refractivity contribution in [2.75, 3.05) is 20.2 Å². The minimum Gasteiger partial charge on any atom is -0.494 e. The van der Waals surface area contributed by atoms with Crippen LogP contribution in [0.3, 0.4) is 0 Å². The van der Waals surface area contributed by atoms with E-state index < -0.39 is 6.04 Å². The predicted molar refractivity (Wildman–Crippen MR) is 141 cm³/mol. The summed E-state index contributed by atoms with van der Waals surface area (Å²) < 4.78 is 19.0. The van der Waals surface area contributed by atoms with E-state index in [1.165, 1.54) is 13.2 Å². The van der Waals surface area contributed by atoms with Crippen LogP contribution in [-0.2, 0) is 16.8 Å². The molecule has 0 aliphatic carbocycles. The van der Waals surface area contributed by atoms with Gasteiger partial charge in [0.1, 0.15) is 6.04 Å². The molecule has 1 fully saturated rings. The van der Waals surface area contributed by atoms with Crippen LogP contribution in [0, 0.1) is 11.7 Å². The van der Waals surface area contributed by atoms with Gasteiger partial charge in [-0.2, -0.15) is 0 Å². The first kappa shape index (κ1) is 27.7. The van der Waals surface area contributed by atoms with Crippen molar-refractivity contribution in [2.24, 2.45) is 5.92 Å². The summed E-state index contributed by atoms with van der Waals surface area (Å²) >= 11 is 0. The van der Waals surface area contributed by atoms with Crippen molar-refractivity contribution >= 4 is 11.8 Å². The van der Waals surface area contributed by atoms with Gasteiger partial charge in [-0.05, 0) is 59.6 Å². The Morgan fingerprint density at radius 3 is 2.25 bits per heavy atom. The highest BCUT2D eigenvalue weighted by Crippen LogP contribution is 2.23. The largest absolute Gasteiger partial charge is 0.494 e. The lowest BCUT2D eigenvalue weighted by molar-refractivity contribution is -0.125. The van der Waals surface area contributed by atoms with Crippen molar-refractivity contribution in [2.45, 2.75) is 71.5 Å². The number of carbonyl (C=O) groups excluding carboxylic acids is 2. The van der Waals surface area contributed by atoms with Crippen LogP contribution in [-0.4, -0.2) is 49.0 Å². The van der Waals surface area contributed by atoms with Crippen molar-refractivity contribution in [3.63, 3.8) is 0 Å². The number of likely N-dealkylation sites (tertiary alicyclic amines) is 1. The van der Waals surface area contributed by atoms with Gasteiger partial charge >= 0.3 is 0 Å². The number of piperidine rings is 1. The smallest absolute Gasteiger partial charge is 0.251 e. The predicted octanol–water partition coefficient (Wildman–Crippen LogP) is 4.67. The van der Waals surface area contributed by atoms with E-state index in [4.69, 9.17) is 4.74 Å². The summed E-state index contributed by atoms with van der Waals surface area (Å²) in [5.41, 5.74) is 2.61. The molecular weight excluding hydrogens is 457 g/mol. The van der Waals surface area contributed by atoms with E-state index in [1.807, 2.05) is 44.2 Å². The molecule has 1 saturated heterocycles. The van der Waals surface area contributed by atoms with Gasteiger partial charge in [-0.25, -0.2) is 4.39 Å². The monoisotopic (exact) mass is 497 g/mol. The molecule has 1 aliphatic rings. The molecule has 1 aliphatic heterocycles. The number of amides is 2. The van der Waals surface area contributed by atoms with Gasteiger partial charge in [0.2, 0.25) is 5.91 Å². The first-order valence-electron chi connectivity index (χ1n) is 12.7. The number of methoxy groups -OCH3 is 1. The quantitative estimate of drug-likeness (QED) is 0.556. The third-order valence-electron chi connectivity index (χ3n) is 6.81. The Morgan fingerprint density at radius 1 is 1.08 bits per heavy atom. The summed E-state index contributed by atoms with van der Waals surface area (Å²) in [5, 5.41) is 6.07. The molecular formula is C29H40FN3O3. The number of benzene rings is 2. The highest BCUT2D eigenvalue weighted by atomic mass is 19.1. The van der Waals surface area contributed by atoms with E-state index >= 15 is 0 Å². The Balaban J connectivity index is 1.52. The normalized spacial score (nSPS) is 16.0. The molecule has 0 bridgehead atoms. The standard InChI is InChI=1S/C29H40FN3O3/c1-19(2)26(32-27(34)21-8-10-22(11-9-21)29(3,4)5)28(35)31-23-13-15-33(16-14-23)18-20-7-12-25(36-6)24(30)17-20/h7-12,17,19,23,26H,13-16,18H2,1-6H3,(H,31,35)(H,32,34). The van der Waals surface area contributed by atoms with E-state index in [0.717, 1.165) is 37.1 Å². The fraction of sp³-hybridized carbons (Fsp3) is 0.517. The zero-order valence-corrected chi connectivity index (χ0v) is 22.4. The Bertz CT molecular complexity index is 1040. The van der Waals surface area contributed by atoms with Crippen LogP contribution < -0.4 is 15.4 Å². The molecule has 36 heavy (non-hydrogen) atoms. The lowest BCUT2D eigenvalue weighted by atomic mass is 9.86. The summed E-state index contributed by atoms with van der Waals surface area (Å²) in [5.74, 6) is -0.558. The molecule has 7 heteroatoms. The Labute approximate surface area is 214 Å². The van der Waals surface area contributed by atoms with E-state index in [9.17, 15) is 14.0 Å². The van der Waals surface area contributed by atoms with E-state index in [-0.39, 0.29) is 40.8 Å². The fourth-order valence-corrected chi connectivity index (χ4v) is 4.47. The first-order chi connectivity index (χ1) is 17.0. The molecule has 3 rings (SSSR count). The van der Waals surface area contributed by atoms with Gasteiger partial charge in [0.05, 0.1) is 7.11 Å². The average Bonchev–Trinajstić information content (AvgIpc) is 2.83. The van der Waals surface area contributed by atoms with Crippen LogP contribution in [0.4, 0.5) is 4.39 Å². The van der Waals surface area contributed by atoms with Crippen LogP contribution in [0.15, 0.2) is 42.5 Å². The highest BCUT2D eigenvalue weighted by molar-refractivity contribution is 5.97. The zero-order chi connectivity index (χ0) is 26.5. The number of nitrogens with zero attached hydrogens (tertiary/aromatic N) is 1. The van der Waals surface area contributed by atoms with Crippen molar-refractivity contribution in [3.05, 3.63) is 65.0 Å². The minimum absolute atomic E-state index is 0.00969. The first-order valence-corrected chi connectivity index (χ1v) is 12.7. The Kier molecular flexibility index (Phi) is 9.12. The second kappa shape index (κ2) is 11.9. The van der Waals surface area contributed by atoms with E-state index in [0.29, 0.717) is 12.1 Å². The molecule has 2 amide bonds. The SMILES string of the molecule is COc1ccc(CN2CCC(NC(=O)C(NC(=O)c3ccc(C(C)(C)C)cc3)C(C)C)CC2)cc1F. The Hall–Kier alpha value is -2.93. The number of nitrogens with one attached hydrogen (secondary N) is 2. The molecule has 2 N–H and O–H groups in total. The van der Waals surface area contributed by atoms with Gasteiger partial charge in [0.15, 0.2) is 11.6 Å². The third kappa shape index (κ3) is 7.29. The van der Waals surface area contributed by atoms with Crippen LogP contribution in [0.25, 0.3) is 0 Å². The van der Waals surface area contributed by atoms with Crippen LogP contribution in [0.1, 0.15) is 68.9 Å². The molecule has 0 radical (unpaired) electrons. The second-order valence-corrected chi connectivity index (χ2v) is 11.1. The van der Waals surface area contributed by atoms with Gasteiger partial charge in [0, 0.05) is 31.2 Å². The highest BCUT2D eigenvalue weighted by Gasteiger charge is 2.28. The minimum atomic E-state index is -0.611. The van der Waals surface area contributed by atoms with Crippen molar-refractivity contribution < 1.29 is 18.7 Å². The average molecular weight is 498 g/mol. The van der Waals surface area contributed by atoms with Crippen LogP contribution in [0.5, 0.6) is 5.75 Å². The summed E-state index contributed by atoms with van der Waals surface area (Å²) in [6.07, 6.45) is 1.61. The lowest BCUT2D eigenvalue weighted by Gasteiger charge is -2.33. The number of ether oxygens (including phenoxy) is 1. The molecule has 6 nitrogen and oxygen atoms in total. The summed E-state index contributed by atoms with van der Waals surface area (Å²) in [7, 11) is 1.46. The van der Waals surface area contributed by atoms with E-state index in [1.54, 1.807) is 6.07 Å². The fourth-order valence-electron chi connectivity index (χ4n) is 4.47. The molecule has 196 valence electrons. The number of carbonyl (C=O) groups is 2. The molecule has 0 spiro atoms. The molecule has 2 aromatic rings. The number of hydrogen-bond donors (Lipinski definition) is 2. The maximum atomic E-state index is 14.0. The summed E-state index contributed by atoms with van der Waals surface area (Å²) in [6, 6.07) is 12.0. The maximum absolute atomic E-state index is 14.0. The topological polar surface area (TPSA) is 70.7 Å². The third-order valence-corrected chi connectivity index (χ3v) is 6.81. The van der Waals surface area contributed by atoms with Gasteiger partial charge in [-0.1, -0.05) is 52.8 Å². The van der Waals surface area contributed by atoms with Crippen molar-refractivity contribution in [1.29, 1.82) is 0 Å². The van der Waals surface area contributed by atoms with E-state index in [2.05, 4.69) is 36.3 Å². The van der Waals surface area contributed by atoms with Gasteiger partial charge < -0.3 is 15.4 Å².